The van der Waals surface area contributed by atoms with Gasteiger partial charge in [-0.05, 0) is 36.2 Å². The molecule has 7 nitrogen and oxygen atoms in total. The van der Waals surface area contributed by atoms with Crippen LogP contribution in [0, 0.1) is 11.7 Å². The Morgan fingerprint density at radius 2 is 1.93 bits per heavy atom. The lowest BCUT2D eigenvalue weighted by atomic mass is 10.2. The second-order valence-corrected chi connectivity index (χ2v) is 6.81. The molecule has 146 valence electrons. The fourth-order valence-electron chi connectivity index (χ4n) is 2.14. The molecule has 2 N–H and O–H groups in total. The number of amides is 1. The number of nitrogens with one attached hydrogen (secondary N) is 2. The largest absolute Gasteiger partial charge is 0.356 e. The average molecular weight is 374 g/mol. The molecule has 2 rings (SSSR count). The van der Waals surface area contributed by atoms with Crippen molar-refractivity contribution < 1.29 is 9.18 Å². The molecule has 1 heterocycles. The SMILES string of the molecule is CC(C)CNC(=NCc1ccn(-c2ccc(F)cc2)n1)NCC(=O)N(C)C. The minimum Gasteiger partial charge on any atom is -0.356 e. The Hall–Kier alpha value is -2.90. The molecule has 2 aromatic rings. The smallest absolute Gasteiger partial charge is 0.241 e. The summed E-state index contributed by atoms with van der Waals surface area (Å²) in [5.41, 5.74) is 1.54. The average Bonchev–Trinajstić information content (AvgIpc) is 3.10. The summed E-state index contributed by atoms with van der Waals surface area (Å²) in [6.45, 7) is 5.46. The van der Waals surface area contributed by atoms with E-state index >= 15 is 0 Å². The molecule has 0 spiro atoms. The fourth-order valence-corrected chi connectivity index (χ4v) is 2.14. The Labute approximate surface area is 159 Å². The Morgan fingerprint density at radius 3 is 2.56 bits per heavy atom. The molecular weight excluding hydrogens is 347 g/mol. The van der Waals surface area contributed by atoms with Gasteiger partial charge in [-0.3, -0.25) is 4.79 Å². The van der Waals surface area contributed by atoms with Crippen LogP contribution in [0.2, 0.25) is 0 Å². The number of halogens is 1. The third-order valence-electron chi connectivity index (χ3n) is 3.72. The predicted octanol–water partition coefficient (Wildman–Crippen LogP) is 1.79. The first kappa shape index (κ1) is 20.4. The van der Waals surface area contributed by atoms with E-state index in [4.69, 9.17) is 0 Å². The number of carbonyl (C=O) groups is 1. The number of rotatable bonds is 7. The maximum atomic E-state index is 13.0. The molecule has 0 unspecified atom stereocenters. The molecular formula is C19H27FN6O. The first-order chi connectivity index (χ1) is 12.8. The van der Waals surface area contributed by atoms with Gasteiger partial charge in [-0.25, -0.2) is 14.1 Å². The summed E-state index contributed by atoms with van der Waals surface area (Å²) in [5.74, 6) is 0.694. The van der Waals surface area contributed by atoms with Crippen LogP contribution >= 0.6 is 0 Å². The highest BCUT2D eigenvalue weighted by Gasteiger charge is 2.07. The number of hydrogen-bond donors (Lipinski definition) is 2. The third-order valence-corrected chi connectivity index (χ3v) is 3.72. The van der Waals surface area contributed by atoms with Crippen LogP contribution in [0.3, 0.4) is 0 Å². The molecule has 0 bridgehead atoms. The van der Waals surface area contributed by atoms with Crippen LogP contribution in [-0.4, -0.2) is 53.7 Å². The molecule has 1 aromatic carbocycles. The van der Waals surface area contributed by atoms with Gasteiger partial charge in [0.25, 0.3) is 0 Å². The number of aromatic nitrogens is 2. The molecule has 0 radical (unpaired) electrons. The zero-order valence-electron chi connectivity index (χ0n) is 16.2. The fraction of sp³-hybridized carbons (Fsp3) is 0.421. The molecule has 0 aliphatic carbocycles. The van der Waals surface area contributed by atoms with E-state index in [9.17, 15) is 9.18 Å². The van der Waals surface area contributed by atoms with Crippen molar-refractivity contribution in [3.63, 3.8) is 0 Å². The first-order valence-corrected chi connectivity index (χ1v) is 8.88. The predicted molar refractivity (Wildman–Crippen MR) is 104 cm³/mol. The molecule has 0 aliphatic heterocycles. The lowest BCUT2D eigenvalue weighted by Gasteiger charge is -2.15. The van der Waals surface area contributed by atoms with Crippen LogP contribution in [0.1, 0.15) is 19.5 Å². The number of carbonyl (C=O) groups excluding carboxylic acids is 1. The van der Waals surface area contributed by atoms with Gasteiger partial charge >= 0.3 is 0 Å². The molecule has 0 atom stereocenters. The highest BCUT2D eigenvalue weighted by Crippen LogP contribution is 2.09. The van der Waals surface area contributed by atoms with Crippen molar-refractivity contribution in [1.29, 1.82) is 0 Å². The van der Waals surface area contributed by atoms with Gasteiger partial charge in [-0.15, -0.1) is 0 Å². The third kappa shape index (κ3) is 6.73. The molecule has 0 aliphatic rings. The Bertz CT molecular complexity index is 767. The van der Waals surface area contributed by atoms with E-state index in [2.05, 4.69) is 34.6 Å². The summed E-state index contributed by atoms with van der Waals surface area (Å²) in [6.07, 6.45) is 1.81. The van der Waals surface area contributed by atoms with Crippen LogP contribution < -0.4 is 10.6 Å². The summed E-state index contributed by atoms with van der Waals surface area (Å²) in [7, 11) is 3.43. The minimum atomic E-state index is -0.282. The topological polar surface area (TPSA) is 74.5 Å². The number of aliphatic imine (C=N–C) groups is 1. The summed E-state index contributed by atoms with van der Waals surface area (Å²) in [5, 5.41) is 10.7. The van der Waals surface area contributed by atoms with E-state index in [1.165, 1.54) is 17.0 Å². The zero-order chi connectivity index (χ0) is 19.8. The van der Waals surface area contributed by atoms with E-state index in [0.717, 1.165) is 17.9 Å². The van der Waals surface area contributed by atoms with Gasteiger partial charge in [-0.2, -0.15) is 5.10 Å². The zero-order valence-corrected chi connectivity index (χ0v) is 16.2. The summed E-state index contributed by atoms with van der Waals surface area (Å²) in [4.78, 5) is 17.8. The minimum absolute atomic E-state index is 0.0327. The van der Waals surface area contributed by atoms with Crippen molar-refractivity contribution in [3.8, 4) is 5.69 Å². The van der Waals surface area contributed by atoms with Crippen molar-refractivity contribution in [3.05, 3.63) is 48.0 Å². The van der Waals surface area contributed by atoms with Crippen LogP contribution in [-0.2, 0) is 11.3 Å². The normalized spacial score (nSPS) is 11.6. The van der Waals surface area contributed by atoms with Gasteiger partial charge in [0.1, 0.15) is 5.82 Å². The Kier molecular flexibility index (Phi) is 7.34. The molecule has 27 heavy (non-hydrogen) atoms. The number of nitrogens with zero attached hydrogens (tertiary/aromatic N) is 4. The van der Waals surface area contributed by atoms with Crippen molar-refractivity contribution in [2.45, 2.75) is 20.4 Å². The Morgan fingerprint density at radius 1 is 1.22 bits per heavy atom. The second-order valence-electron chi connectivity index (χ2n) is 6.81. The van der Waals surface area contributed by atoms with E-state index in [0.29, 0.717) is 18.4 Å². The van der Waals surface area contributed by atoms with Gasteiger partial charge in [0.15, 0.2) is 5.96 Å². The Balaban J connectivity index is 2.03. The van der Waals surface area contributed by atoms with Crippen LogP contribution in [0.15, 0.2) is 41.5 Å². The van der Waals surface area contributed by atoms with Crippen molar-refractivity contribution >= 4 is 11.9 Å². The van der Waals surface area contributed by atoms with Gasteiger partial charge in [0, 0.05) is 26.8 Å². The van der Waals surface area contributed by atoms with Crippen LogP contribution in [0.4, 0.5) is 4.39 Å². The number of benzene rings is 1. The second kappa shape index (κ2) is 9.70. The van der Waals surface area contributed by atoms with Gasteiger partial charge in [0.05, 0.1) is 24.5 Å². The number of guanidine groups is 1. The first-order valence-electron chi connectivity index (χ1n) is 8.88. The summed E-state index contributed by atoms with van der Waals surface area (Å²) in [6, 6.07) is 7.99. The highest BCUT2D eigenvalue weighted by molar-refractivity contribution is 5.86. The summed E-state index contributed by atoms with van der Waals surface area (Å²) < 4.78 is 14.7. The van der Waals surface area contributed by atoms with Gasteiger partial charge in [0.2, 0.25) is 5.91 Å². The molecule has 0 saturated carbocycles. The van der Waals surface area contributed by atoms with Crippen molar-refractivity contribution in [2.75, 3.05) is 27.2 Å². The van der Waals surface area contributed by atoms with E-state index in [1.807, 2.05) is 12.3 Å². The molecule has 0 fully saturated rings. The number of likely N-dealkylation sites (N-methyl/N-ethyl adjacent to an activating group) is 1. The standard InChI is InChI=1S/C19H27FN6O/c1-14(2)11-21-19(23-13-18(27)25(3)4)22-12-16-9-10-26(24-16)17-7-5-15(20)6-8-17/h5-10,14H,11-13H2,1-4H3,(H2,21,22,23). The highest BCUT2D eigenvalue weighted by atomic mass is 19.1. The lowest BCUT2D eigenvalue weighted by Crippen LogP contribution is -2.44. The summed E-state index contributed by atoms with van der Waals surface area (Å²) >= 11 is 0. The number of hydrogen-bond acceptors (Lipinski definition) is 3. The lowest BCUT2D eigenvalue weighted by molar-refractivity contribution is -0.127. The maximum absolute atomic E-state index is 13.0. The van der Waals surface area contributed by atoms with Crippen LogP contribution in [0.25, 0.3) is 5.69 Å². The molecule has 1 amide bonds. The van der Waals surface area contributed by atoms with E-state index < -0.39 is 0 Å². The molecule has 8 heteroatoms. The molecule has 1 aromatic heterocycles. The van der Waals surface area contributed by atoms with Crippen molar-refractivity contribution in [1.82, 2.24) is 25.3 Å². The van der Waals surface area contributed by atoms with Crippen LogP contribution in [0.5, 0.6) is 0 Å². The van der Waals surface area contributed by atoms with E-state index in [-0.39, 0.29) is 18.3 Å². The maximum Gasteiger partial charge on any atom is 0.241 e. The quantitative estimate of drug-likeness (QED) is 0.572. The monoisotopic (exact) mass is 374 g/mol. The van der Waals surface area contributed by atoms with Gasteiger partial charge < -0.3 is 15.5 Å². The van der Waals surface area contributed by atoms with Gasteiger partial charge in [-0.1, -0.05) is 13.8 Å². The van der Waals surface area contributed by atoms with Crippen molar-refractivity contribution in [2.24, 2.45) is 10.9 Å². The van der Waals surface area contributed by atoms with E-state index in [1.54, 1.807) is 30.9 Å². The molecule has 0 saturated heterocycles.